The largest absolute Gasteiger partial charge is 0.378 e. The van der Waals surface area contributed by atoms with Crippen molar-refractivity contribution in [3.05, 3.63) is 89.7 Å². The third kappa shape index (κ3) is 3.56. The minimum atomic E-state index is 0.180. The highest BCUT2D eigenvalue weighted by Gasteiger charge is 2.30. The van der Waals surface area contributed by atoms with Gasteiger partial charge in [-0.05, 0) is 48.9 Å². The minimum Gasteiger partial charge on any atom is -0.378 e. The molecule has 3 aromatic rings. The van der Waals surface area contributed by atoms with Crippen LogP contribution in [0.4, 0.5) is 11.4 Å². The summed E-state index contributed by atoms with van der Waals surface area (Å²) >= 11 is 0. The van der Waals surface area contributed by atoms with Gasteiger partial charge >= 0.3 is 0 Å². The van der Waals surface area contributed by atoms with Gasteiger partial charge in [-0.15, -0.1) is 0 Å². The number of pyridine rings is 1. The Hall–Kier alpha value is -3.14. The molecule has 2 heterocycles. The van der Waals surface area contributed by atoms with Gasteiger partial charge in [0.2, 0.25) is 0 Å². The van der Waals surface area contributed by atoms with Crippen molar-refractivity contribution in [3.8, 4) is 0 Å². The molecule has 27 heavy (non-hydrogen) atoms. The molecule has 136 valence electrons. The zero-order valence-electron chi connectivity index (χ0n) is 16.0. The number of nitrogens with zero attached hydrogens (tertiary/aromatic N) is 4. The Balaban J connectivity index is 1.70. The third-order valence-electron chi connectivity index (χ3n) is 4.97. The van der Waals surface area contributed by atoms with Crippen LogP contribution in [0.2, 0.25) is 0 Å². The number of rotatable bonds is 4. The average molecular weight is 356 g/mol. The van der Waals surface area contributed by atoms with Gasteiger partial charge in [-0.1, -0.05) is 30.3 Å². The lowest BCUT2D eigenvalue weighted by Crippen LogP contribution is -2.18. The summed E-state index contributed by atoms with van der Waals surface area (Å²) in [6, 6.07) is 23.5. The van der Waals surface area contributed by atoms with E-state index in [0.717, 1.165) is 29.1 Å². The van der Waals surface area contributed by atoms with E-state index < -0.39 is 0 Å². The predicted octanol–water partition coefficient (Wildman–Crippen LogP) is 4.81. The number of hydrazone groups is 1. The Kier molecular flexibility index (Phi) is 4.63. The van der Waals surface area contributed by atoms with Crippen LogP contribution in [-0.2, 0) is 0 Å². The second kappa shape index (κ2) is 7.23. The molecule has 1 aromatic heterocycles. The van der Waals surface area contributed by atoms with Gasteiger partial charge in [0.25, 0.3) is 0 Å². The number of para-hydroxylation sites is 1. The smallest absolute Gasteiger partial charge is 0.0831 e. The van der Waals surface area contributed by atoms with Crippen molar-refractivity contribution < 1.29 is 0 Å². The van der Waals surface area contributed by atoms with E-state index in [-0.39, 0.29) is 6.04 Å². The summed E-state index contributed by atoms with van der Waals surface area (Å²) in [5.41, 5.74) is 6.76. The average Bonchev–Trinajstić information content (AvgIpc) is 3.15. The zero-order chi connectivity index (χ0) is 18.8. The molecule has 4 rings (SSSR count). The van der Waals surface area contributed by atoms with Gasteiger partial charge in [0.05, 0.1) is 17.4 Å². The molecule has 0 amide bonds. The summed E-state index contributed by atoms with van der Waals surface area (Å²) in [5, 5.41) is 7.11. The van der Waals surface area contributed by atoms with Crippen molar-refractivity contribution in [2.24, 2.45) is 5.10 Å². The molecule has 0 saturated carbocycles. The fourth-order valence-corrected chi connectivity index (χ4v) is 3.40. The van der Waals surface area contributed by atoms with Crippen LogP contribution in [0.1, 0.15) is 29.3 Å². The first-order valence-electron chi connectivity index (χ1n) is 9.24. The van der Waals surface area contributed by atoms with E-state index in [2.05, 4.69) is 83.6 Å². The summed E-state index contributed by atoms with van der Waals surface area (Å²) in [4.78, 5) is 6.56. The van der Waals surface area contributed by atoms with Gasteiger partial charge in [-0.3, -0.25) is 9.99 Å². The molecule has 2 aromatic carbocycles. The molecule has 0 saturated heterocycles. The number of anilines is 2. The third-order valence-corrected chi connectivity index (χ3v) is 4.97. The first-order valence-corrected chi connectivity index (χ1v) is 9.24. The molecule has 1 unspecified atom stereocenters. The second-order valence-corrected chi connectivity index (χ2v) is 7.12. The summed E-state index contributed by atoms with van der Waals surface area (Å²) < 4.78 is 0. The van der Waals surface area contributed by atoms with Crippen LogP contribution in [0, 0.1) is 6.92 Å². The molecule has 0 N–H and O–H groups in total. The Morgan fingerprint density at radius 3 is 2.30 bits per heavy atom. The van der Waals surface area contributed by atoms with Crippen LogP contribution in [-0.4, -0.2) is 24.8 Å². The molecular formula is C23H24N4. The van der Waals surface area contributed by atoms with Crippen molar-refractivity contribution in [1.82, 2.24) is 4.98 Å². The highest BCUT2D eigenvalue weighted by molar-refractivity contribution is 6.03. The molecular weight excluding hydrogens is 332 g/mol. The lowest BCUT2D eigenvalue weighted by molar-refractivity contribution is 0.709. The van der Waals surface area contributed by atoms with Crippen molar-refractivity contribution in [1.29, 1.82) is 0 Å². The lowest BCUT2D eigenvalue weighted by Gasteiger charge is -2.24. The second-order valence-electron chi connectivity index (χ2n) is 7.12. The molecule has 1 aliphatic heterocycles. The van der Waals surface area contributed by atoms with Crippen molar-refractivity contribution >= 4 is 17.1 Å². The van der Waals surface area contributed by atoms with E-state index in [0.29, 0.717) is 0 Å². The highest BCUT2D eigenvalue weighted by Crippen LogP contribution is 2.37. The van der Waals surface area contributed by atoms with Gasteiger partial charge in [0, 0.05) is 43.7 Å². The van der Waals surface area contributed by atoms with Crippen LogP contribution in [0.3, 0.4) is 0 Å². The van der Waals surface area contributed by atoms with Crippen LogP contribution >= 0.6 is 0 Å². The van der Waals surface area contributed by atoms with E-state index in [1.807, 2.05) is 25.3 Å². The normalized spacial score (nSPS) is 16.3. The molecule has 0 bridgehead atoms. The standard InChI is InChI=1S/C23H24N4/c1-17-9-10-19(16-24-17)22-15-23(18-11-13-20(14-12-18)26(2)3)27(25-22)21-7-5-4-6-8-21/h4-14,16,23H,15H2,1-3H3. The first kappa shape index (κ1) is 17.3. The highest BCUT2D eigenvalue weighted by atomic mass is 15.5. The van der Waals surface area contributed by atoms with Crippen molar-refractivity contribution in [3.63, 3.8) is 0 Å². The Labute approximate surface area is 160 Å². The van der Waals surface area contributed by atoms with Gasteiger partial charge in [0.1, 0.15) is 0 Å². The SMILES string of the molecule is Cc1ccc(C2=NN(c3ccccc3)C(c3ccc(N(C)C)cc3)C2)cn1. The molecule has 0 fully saturated rings. The van der Waals surface area contributed by atoms with E-state index in [1.54, 1.807) is 0 Å². The maximum Gasteiger partial charge on any atom is 0.0831 e. The maximum atomic E-state index is 4.97. The lowest BCUT2D eigenvalue weighted by atomic mass is 9.98. The first-order chi connectivity index (χ1) is 13.1. The quantitative estimate of drug-likeness (QED) is 0.672. The summed E-state index contributed by atoms with van der Waals surface area (Å²) in [6.45, 7) is 2.01. The number of aryl methyl sites for hydroxylation is 1. The van der Waals surface area contributed by atoms with Gasteiger partial charge < -0.3 is 4.90 Å². The molecule has 1 aliphatic rings. The molecule has 1 atom stereocenters. The monoisotopic (exact) mass is 356 g/mol. The maximum absolute atomic E-state index is 4.97. The minimum absolute atomic E-state index is 0.180. The predicted molar refractivity (Wildman–Crippen MR) is 113 cm³/mol. The molecule has 4 heteroatoms. The van der Waals surface area contributed by atoms with Crippen LogP contribution < -0.4 is 9.91 Å². The van der Waals surface area contributed by atoms with Crippen molar-refractivity contribution in [2.75, 3.05) is 24.0 Å². The Bertz CT molecular complexity index is 928. The summed E-state index contributed by atoms with van der Waals surface area (Å²) in [5.74, 6) is 0. The number of hydrogen-bond acceptors (Lipinski definition) is 4. The zero-order valence-corrected chi connectivity index (χ0v) is 16.0. The van der Waals surface area contributed by atoms with Gasteiger partial charge in [-0.25, -0.2) is 0 Å². The van der Waals surface area contributed by atoms with Crippen molar-refractivity contribution in [2.45, 2.75) is 19.4 Å². The summed E-state index contributed by atoms with van der Waals surface area (Å²) in [7, 11) is 4.12. The van der Waals surface area contributed by atoms with E-state index >= 15 is 0 Å². The van der Waals surface area contributed by atoms with Crippen LogP contribution in [0.5, 0.6) is 0 Å². The van der Waals surface area contributed by atoms with Crippen LogP contribution in [0.15, 0.2) is 78.0 Å². The molecule has 0 radical (unpaired) electrons. The molecule has 0 aliphatic carbocycles. The number of hydrogen-bond donors (Lipinski definition) is 0. The van der Waals surface area contributed by atoms with Gasteiger partial charge in [-0.2, -0.15) is 5.10 Å². The molecule has 4 nitrogen and oxygen atoms in total. The van der Waals surface area contributed by atoms with E-state index in [4.69, 9.17) is 5.10 Å². The topological polar surface area (TPSA) is 31.7 Å². The fourth-order valence-electron chi connectivity index (χ4n) is 3.40. The number of benzene rings is 2. The Morgan fingerprint density at radius 1 is 0.926 bits per heavy atom. The summed E-state index contributed by atoms with van der Waals surface area (Å²) in [6.07, 6.45) is 2.79. The van der Waals surface area contributed by atoms with E-state index in [9.17, 15) is 0 Å². The number of aromatic nitrogens is 1. The van der Waals surface area contributed by atoms with Crippen LogP contribution in [0.25, 0.3) is 0 Å². The fraction of sp³-hybridized carbons (Fsp3) is 0.217. The van der Waals surface area contributed by atoms with Gasteiger partial charge in [0.15, 0.2) is 0 Å². The Morgan fingerprint density at radius 2 is 1.67 bits per heavy atom. The van der Waals surface area contributed by atoms with E-state index in [1.165, 1.54) is 11.3 Å². The molecule has 0 spiro atoms.